The summed E-state index contributed by atoms with van der Waals surface area (Å²) in [5.74, 6) is -0.0679. The second-order valence-electron chi connectivity index (χ2n) is 19.6. The van der Waals surface area contributed by atoms with Gasteiger partial charge >= 0.3 is 5.97 Å². The van der Waals surface area contributed by atoms with Gasteiger partial charge in [-0.25, -0.2) is 0 Å². The minimum absolute atomic E-state index is 0.0161. The van der Waals surface area contributed by atoms with Gasteiger partial charge in [0.05, 0.1) is 25.4 Å². The average molecular weight is 915 g/mol. The highest BCUT2D eigenvalue weighted by atomic mass is 16.5. The fourth-order valence-corrected chi connectivity index (χ4v) is 8.72. The molecule has 0 aliphatic carbocycles. The second-order valence-corrected chi connectivity index (χ2v) is 19.6. The predicted octanol–water partition coefficient (Wildman–Crippen LogP) is 17.6. The maximum atomic E-state index is 12.4. The van der Waals surface area contributed by atoms with Crippen LogP contribution >= 0.6 is 0 Å². The summed E-state index contributed by atoms with van der Waals surface area (Å²) >= 11 is 0. The molecule has 1 amide bonds. The number of esters is 1. The van der Waals surface area contributed by atoms with Crippen LogP contribution in [-0.4, -0.2) is 47.4 Å². The first-order valence-corrected chi connectivity index (χ1v) is 28.7. The van der Waals surface area contributed by atoms with E-state index in [2.05, 4.69) is 55.6 Å². The highest BCUT2D eigenvalue weighted by molar-refractivity contribution is 5.76. The summed E-state index contributed by atoms with van der Waals surface area (Å²) < 4.78 is 5.47. The van der Waals surface area contributed by atoms with Crippen molar-refractivity contribution >= 4 is 11.9 Å². The Hall–Kier alpha value is -1.92. The lowest BCUT2D eigenvalue weighted by Crippen LogP contribution is -2.45. The van der Waals surface area contributed by atoms with Gasteiger partial charge in [-0.3, -0.25) is 9.59 Å². The number of carbonyl (C=O) groups excluding carboxylic acids is 2. The van der Waals surface area contributed by atoms with Gasteiger partial charge in [-0.2, -0.15) is 0 Å². The number of hydrogen-bond donors (Lipinski definition) is 3. The molecule has 0 radical (unpaired) electrons. The van der Waals surface area contributed by atoms with Crippen LogP contribution in [0, 0.1) is 0 Å². The van der Waals surface area contributed by atoms with Gasteiger partial charge in [0.1, 0.15) is 0 Å². The van der Waals surface area contributed by atoms with E-state index < -0.39 is 12.1 Å². The lowest BCUT2D eigenvalue weighted by atomic mass is 10.0. The van der Waals surface area contributed by atoms with Gasteiger partial charge in [-0.1, -0.05) is 237 Å². The van der Waals surface area contributed by atoms with Crippen LogP contribution in [0.25, 0.3) is 0 Å². The molecule has 0 spiro atoms. The van der Waals surface area contributed by atoms with Crippen molar-refractivity contribution in [3.05, 3.63) is 36.5 Å². The van der Waals surface area contributed by atoms with E-state index in [0.717, 1.165) is 83.5 Å². The van der Waals surface area contributed by atoms with E-state index in [4.69, 9.17) is 4.74 Å². The number of allylic oxidation sites excluding steroid dienone is 6. The Bertz CT molecular complexity index is 1060. The topological polar surface area (TPSA) is 95.9 Å². The molecular formula is C59H111NO5. The van der Waals surface area contributed by atoms with Crippen LogP contribution in [0.2, 0.25) is 0 Å². The molecule has 3 N–H and O–H groups in total. The first-order chi connectivity index (χ1) is 32.0. The van der Waals surface area contributed by atoms with Crippen LogP contribution in [0.3, 0.4) is 0 Å². The lowest BCUT2D eigenvalue weighted by molar-refractivity contribution is -0.143. The Balaban J connectivity index is 3.47. The Labute approximate surface area is 404 Å². The van der Waals surface area contributed by atoms with Crippen molar-refractivity contribution < 1.29 is 24.5 Å². The average Bonchev–Trinajstić information content (AvgIpc) is 3.31. The van der Waals surface area contributed by atoms with Crippen LogP contribution in [-0.2, 0) is 14.3 Å². The molecule has 6 heteroatoms. The number of unbranched alkanes of at least 4 members (excludes halogenated alkanes) is 36. The highest BCUT2D eigenvalue weighted by Gasteiger charge is 2.20. The summed E-state index contributed by atoms with van der Waals surface area (Å²) in [5.41, 5.74) is 0. The number of amides is 1. The van der Waals surface area contributed by atoms with E-state index in [1.165, 1.54) is 186 Å². The molecular weight excluding hydrogens is 803 g/mol. The third-order valence-electron chi connectivity index (χ3n) is 13.2. The molecule has 382 valence electrons. The third-order valence-corrected chi connectivity index (χ3v) is 13.2. The van der Waals surface area contributed by atoms with Gasteiger partial charge in [-0.15, -0.1) is 0 Å². The number of aliphatic hydroxyl groups is 2. The van der Waals surface area contributed by atoms with Gasteiger partial charge in [0.15, 0.2) is 0 Å². The Morgan fingerprint density at radius 3 is 1.18 bits per heavy atom. The lowest BCUT2D eigenvalue weighted by Gasteiger charge is -2.22. The van der Waals surface area contributed by atoms with E-state index in [-0.39, 0.29) is 18.5 Å². The maximum Gasteiger partial charge on any atom is 0.305 e. The zero-order valence-corrected chi connectivity index (χ0v) is 43.5. The van der Waals surface area contributed by atoms with E-state index >= 15 is 0 Å². The predicted molar refractivity (Wildman–Crippen MR) is 283 cm³/mol. The van der Waals surface area contributed by atoms with Crippen molar-refractivity contribution in [1.82, 2.24) is 5.32 Å². The molecule has 2 atom stereocenters. The van der Waals surface area contributed by atoms with Crippen LogP contribution in [0.4, 0.5) is 0 Å². The minimum Gasteiger partial charge on any atom is -0.466 e. The van der Waals surface area contributed by atoms with E-state index in [1.54, 1.807) is 0 Å². The molecule has 0 aromatic carbocycles. The molecule has 0 bridgehead atoms. The van der Waals surface area contributed by atoms with Crippen molar-refractivity contribution in [1.29, 1.82) is 0 Å². The zero-order chi connectivity index (χ0) is 47.2. The number of hydrogen-bond acceptors (Lipinski definition) is 5. The van der Waals surface area contributed by atoms with Crippen LogP contribution in [0.15, 0.2) is 36.5 Å². The summed E-state index contributed by atoms with van der Waals surface area (Å²) in [6.45, 7) is 4.90. The standard InChI is InChI=1S/C59H111NO5/c1-3-5-7-9-11-13-15-17-18-19-20-23-26-29-33-37-41-45-49-53-59(64)65-54-50-46-42-38-34-30-27-24-21-22-25-28-32-36-40-44-48-52-58(63)60-56(55-61)57(62)51-47-43-39-35-31-16-14-12-10-8-6-4-2/h17-18,21,24,30,34,56-57,61-62H,3-16,19-20,22-23,25-29,31-33,35-55H2,1-2H3,(H,60,63)/b18-17-,24-21-,34-30-. The van der Waals surface area contributed by atoms with Gasteiger partial charge in [0.25, 0.3) is 0 Å². The Morgan fingerprint density at radius 2 is 0.769 bits per heavy atom. The van der Waals surface area contributed by atoms with Gasteiger partial charge in [-0.05, 0) is 89.9 Å². The largest absolute Gasteiger partial charge is 0.466 e. The molecule has 0 rings (SSSR count). The molecule has 0 saturated heterocycles. The number of nitrogens with one attached hydrogen (secondary N) is 1. The SMILES string of the molecule is CCCCCCCC/C=C\CCCCCCCCCCCC(=O)OCCCCC/C=C\C/C=C\CCCCCCCCCC(=O)NC(CO)C(O)CCCCCCCCCCCCCC. The number of ether oxygens (including phenoxy) is 1. The summed E-state index contributed by atoms with van der Waals surface area (Å²) in [6.07, 6.45) is 67.1. The van der Waals surface area contributed by atoms with E-state index in [1.807, 2.05) is 0 Å². The van der Waals surface area contributed by atoms with Gasteiger partial charge in [0, 0.05) is 12.8 Å². The summed E-state index contributed by atoms with van der Waals surface area (Å²) in [6, 6.07) is -0.553. The Morgan fingerprint density at radius 1 is 0.431 bits per heavy atom. The minimum atomic E-state index is -0.674. The molecule has 0 aromatic rings. The molecule has 0 saturated carbocycles. The van der Waals surface area contributed by atoms with Crippen molar-refractivity contribution in [3.8, 4) is 0 Å². The van der Waals surface area contributed by atoms with Crippen LogP contribution in [0.5, 0.6) is 0 Å². The fraction of sp³-hybridized carbons (Fsp3) is 0.864. The quantitative estimate of drug-likeness (QED) is 0.0321. The molecule has 6 nitrogen and oxygen atoms in total. The van der Waals surface area contributed by atoms with Crippen LogP contribution in [0.1, 0.15) is 303 Å². The summed E-state index contributed by atoms with van der Waals surface area (Å²) in [7, 11) is 0. The molecule has 0 aliphatic heterocycles. The second kappa shape index (κ2) is 54.7. The molecule has 0 aromatic heterocycles. The van der Waals surface area contributed by atoms with E-state index in [9.17, 15) is 19.8 Å². The summed E-state index contributed by atoms with van der Waals surface area (Å²) in [4.78, 5) is 24.5. The normalized spacial score (nSPS) is 12.9. The van der Waals surface area contributed by atoms with E-state index in [0.29, 0.717) is 25.9 Å². The smallest absolute Gasteiger partial charge is 0.305 e. The Kier molecular flexibility index (Phi) is 53.1. The molecule has 2 unspecified atom stereocenters. The maximum absolute atomic E-state index is 12.4. The van der Waals surface area contributed by atoms with Gasteiger partial charge < -0.3 is 20.3 Å². The molecule has 0 heterocycles. The first kappa shape index (κ1) is 63.1. The number of aliphatic hydroxyl groups excluding tert-OH is 2. The third kappa shape index (κ3) is 51.3. The van der Waals surface area contributed by atoms with Crippen LogP contribution < -0.4 is 5.32 Å². The molecule has 65 heavy (non-hydrogen) atoms. The number of rotatable bonds is 53. The van der Waals surface area contributed by atoms with Crippen molar-refractivity contribution in [2.45, 2.75) is 315 Å². The number of carbonyl (C=O) groups is 2. The zero-order valence-electron chi connectivity index (χ0n) is 43.5. The molecule has 0 fully saturated rings. The van der Waals surface area contributed by atoms with Crippen molar-refractivity contribution in [3.63, 3.8) is 0 Å². The highest BCUT2D eigenvalue weighted by Crippen LogP contribution is 2.16. The van der Waals surface area contributed by atoms with Crippen molar-refractivity contribution in [2.75, 3.05) is 13.2 Å². The first-order valence-electron chi connectivity index (χ1n) is 28.7. The van der Waals surface area contributed by atoms with Gasteiger partial charge in [0.2, 0.25) is 5.91 Å². The molecule has 0 aliphatic rings. The fourth-order valence-electron chi connectivity index (χ4n) is 8.72. The monoisotopic (exact) mass is 914 g/mol. The summed E-state index contributed by atoms with van der Waals surface area (Å²) in [5, 5.41) is 23.2. The van der Waals surface area contributed by atoms with Crippen molar-refractivity contribution in [2.24, 2.45) is 0 Å².